The fourth-order valence-corrected chi connectivity index (χ4v) is 3.20. The van der Waals surface area contributed by atoms with E-state index in [1.54, 1.807) is 30.5 Å². The Hall–Kier alpha value is -2.74. The Bertz CT molecular complexity index is 928. The maximum Gasteiger partial charge on any atom is 0.260 e. The number of rotatable bonds is 5. The Morgan fingerprint density at radius 2 is 2.17 bits per heavy atom. The number of nitrogens with two attached hydrogens (primary N) is 1. The molecule has 7 nitrogen and oxygen atoms in total. The van der Waals surface area contributed by atoms with Crippen molar-refractivity contribution in [1.82, 2.24) is 13.9 Å². The van der Waals surface area contributed by atoms with E-state index < -0.39 is 5.91 Å². The van der Waals surface area contributed by atoms with Crippen LogP contribution >= 0.6 is 11.5 Å². The van der Waals surface area contributed by atoms with Crippen molar-refractivity contribution in [3.63, 3.8) is 0 Å². The third-order valence-corrected chi connectivity index (χ3v) is 4.42. The summed E-state index contributed by atoms with van der Waals surface area (Å²) >= 11 is 1.24. The normalized spacial score (nSPS) is 10.9. The van der Waals surface area contributed by atoms with Crippen LogP contribution in [0.2, 0.25) is 0 Å². The minimum absolute atomic E-state index is 0.246. The zero-order valence-corrected chi connectivity index (χ0v) is 14.2. The van der Waals surface area contributed by atoms with Gasteiger partial charge >= 0.3 is 0 Å². The third-order valence-electron chi connectivity index (χ3n) is 3.70. The van der Waals surface area contributed by atoms with Crippen LogP contribution in [-0.4, -0.2) is 25.7 Å². The minimum atomic E-state index is -0.507. The molecule has 124 valence electrons. The largest absolute Gasteiger partial charge is 0.366 e. The van der Waals surface area contributed by atoms with Crippen molar-refractivity contribution in [1.29, 1.82) is 0 Å². The van der Waals surface area contributed by atoms with E-state index in [1.807, 2.05) is 11.5 Å². The van der Waals surface area contributed by atoms with E-state index in [9.17, 15) is 9.59 Å². The number of imidazole rings is 1. The van der Waals surface area contributed by atoms with Gasteiger partial charge in [-0.05, 0) is 43.1 Å². The number of nitrogens with zero attached hydrogens (tertiary/aromatic N) is 3. The summed E-state index contributed by atoms with van der Waals surface area (Å²) in [6.45, 7) is 4.53. The van der Waals surface area contributed by atoms with Crippen molar-refractivity contribution in [3.05, 3.63) is 40.4 Å². The second kappa shape index (κ2) is 6.40. The smallest absolute Gasteiger partial charge is 0.260 e. The van der Waals surface area contributed by atoms with Crippen molar-refractivity contribution in [2.24, 2.45) is 5.73 Å². The van der Waals surface area contributed by atoms with E-state index >= 15 is 0 Å². The molecule has 0 spiro atoms. The van der Waals surface area contributed by atoms with Crippen molar-refractivity contribution in [3.8, 4) is 0 Å². The SMILES string of the molecule is CCCn1c(NC(=O)c2csnc2C)nc2cc(C(N)=O)ccc21. The van der Waals surface area contributed by atoms with Crippen LogP contribution < -0.4 is 11.1 Å². The highest BCUT2D eigenvalue weighted by Crippen LogP contribution is 2.22. The molecule has 8 heteroatoms. The molecule has 0 bridgehead atoms. The second-order valence-electron chi connectivity index (χ2n) is 5.42. The molecule has 2 aromatic heterocycles. The van der Waals surface area contributed by atoms with Gasteiger partial charge in [-0.3, -0.25) is 14.9 Å². The number of aromatic nitrogens is 3. The molecule has 0 atom stereocenters. The number of hydrogen-bond acceptors (Lipinski definition) is 5. The van der Waals surface area contributed by atoms with Gasteiger partial charge in [0.15, 0.2) is 0 Å². The average Bonchev–Trinajstić information content (AvgIpc) is 3.11. The molecule has 24 heavy (non-hydrogen) atoms. The quantitative estimate of drug-likeness (QED) is 0.743. The molecule has 0 unspecified atom stereocenters. The van der Waals surface area contributed by atoms with Gasteiger partial charge in [-0.25, -0.2) is 4.98 Å². The molecule has 3 N–H and O–H groups in total. The number of anilines is 1. The molecule has 0 saturated carbocycles. The number of carbonyl (C=O) groups is 2. The highest BCUT2D eigenvalue weighted by Gasteiger charge is 2.17. The van der Waals surface area contributed by atoms with Gasteiger partial charge in [0.25, 0.3) is 5.91 Å². The average molecular weight is 343 g/mol. The third kappa shape index (κ3) is 2.88. The highest BCUT2D eigenvalue weighted by atomic mass is 32.1. The first-order chi connectivity index (χ1) is 11.5. The molecule has 2 amide bonds. The number of nitrogens with one attached hydrogen (secondary N) is 1. The van der Waals surface area contributed by atoms with Crippen LogP contribution in [0.5, 0.6) is 0 Å². The first-order valence-corrected chi connectivity index (χ1v) is 8.37. The van der Waals surface area contributed by atoms with Gasteiger partial charge in [-0.1, -0.05) is 6.92 Å². The Balaban J connectivity index is 2.02. The summed E-state index contributed by atoms with van der Waals surface area (Å²) in [5, 5.41) is 4.55. The first kappa shape index (κ1) is 16.1. The highest BCUT2D eigenvalue weighted by molar-refractivity contribution is 7.04. The summed E-state index contributed by atoms with van der Waals surface area (Å²) in [5.41, 5.74) is 8.40. The van der Waals surface area contributed by atoms with Crippen LogP contribution in [0.1, 0.15) is 39.8 Å². The van der Waals surface area contributed by atoms with Crippen LogP contribution in [0.4, 0.5) is 5.95 Å². The first-order valence-electron chi connectivity index (χ1n) is 7.53. The number of amides is 2. The molecule has 3 aromatic rings. The van der Waals surface area contributed by atoms with Crippen LogP contribution in [0.15, 0.2) is 23.6 Å². The predicted octanol–water partition coefficient (Wildman–Crippen LogP) is 2.56. The van der Waals surface area contributed by atoms with Gasteiger partial charge in [0.1, 0.15) is 0 Å². The van der Waals surface area contributed by atoms with Crippen LogP contribution in [0, 0.1) is 6.92 Å². The molecular weight excluding hydrogens is 326 g/mol. The molecule has 1 aromatic carbocycles. The predicted molar refractivity (Wildman–Crippen MR) is 93.3 cm³/mol. The number of aryl methyl sites for hydroxylation is 2. The van der Waals surface area contributed by atoms with E-state index in [1.165, 1.54) is 11.5 Å². The van der Waals surface area contributed by atoms with Crippen molar-refractivity contribution >= 4 is 40.3 Å². The van der Waals surface area contributed by atoms with Crippen molar-refractivity contribution < 1.29 is 9.59 Å². The molecule has 0 saturated heterocycles. The van der Waals surface area contributed by atoms with Gasteiger partial charge in [0.05, 0.1) is 22.3 Å². The van der Waals surface area contributed by atoms with Gasteiger partial charge in [0.2, 0.25) is 11.9 Å². The Morgan fingerprint density at radius 1 is 1.38 bits per heavy atom. The standard InChI is InChI=1S/C16H17N5O2S/c1-3-6-21-13-5-4-10(14(17)22)7-12(13)18-16(21)19-15(23)11-8-24-20-9(11)2/h4-5,7-8H,3,6H2,1-2H3,(H2,17,22)(H,18,19,23). The summed E-state index contributed by atoms with van der Waals surface area (Å²) in [6.07, 6.45) is 0.880. The van der Waals surface area contributed by atoms with Gasteiger partial charge < -0.3 is 10.3 Å². The summed E-state index contributed by atoms with van der Waals surface area (Å²) in [7, 11) is 0. The molecule has 0 radical (unpaired) electrons. The summed E-state index contributed by atoms with van der Waals surface area (Å²) in [6, 6.07) is 5.10. The molecule has 2 heterocycles. The molecule has 0 aliphatic carbocycles. The monoisotopic (exact) mass is 343 g/mol. The van der Waals surface area contributed by atoms with Crippen LogP contribution in [-0.2, 0) is 6.54 Å². The van der Waals surface area contributed by atoms with E-state index in [0.717, 1.165) is 11.9 Å². The second-order valence-corrected chi connectivity index (χ2v) is 6.05. The molecule has 0 aliphatic rings. The fraction of sp³-hybridized carbons (Fsp3) is 0.250. The van der Waals surface area contributed by atoms with E-state index in [-0.39, 0.29) is 5.91 Å². The summed E-state index contributed by atoms with van der Waals surface area (Å²) in [5.74, 6) is -0.305. The minimum Gasteiger partial charge on any atom is -0.366 e. The van der Waals surface area contributed by atoms with Crippen molar-refractivity contribution in [2.45, 2.75) is 26.8 Å². The van der Waals surface area contributed by atoms with Gasteiger partial charge in [-0.2, -0.15) is 4.37 Å². The molecule has 3 rings (SSSR count). The van der Waals surface area contributed by atoms with Crippen LogP contribution in [0.3, 0.4) is 0 Å². The van der Waals surface area contributed by atoms with E-state index in [2.05, 4.69) is 14.7 Å². The molecule has 0 fully saturated rings. The Morgan fingerprint density at radius 3 is 2.79 bits per heavy atom. The fourth-order valence-electron chi connectivity index (χ4n) is 2.51. The lowest BCUT2D eigenvalue weighted by atomic mass is 10.2. The van der Waals surface area contributed by atoms with Crippen molar-refractivity contribution in [2.75, 3.05) is 5.32 Å². The number of benzene rings is 1. The lowest BCUT2D eigenvalue weighted by molar-refractivity contribution is 0.0997. The van der Waals surface area contributed by atoms with E-state index in [0.29, 0.717) is 34.8 Å². The Kier molecular flexibility index (Phi) is 4.30. The lowest BCUT2D eigenvalue weighted by Crippen LogP contribution is -2.16. The summed E-state index contributed by atoms with van der Waals surface area (Å²) in [4.78, 5) is 28.2. The maximum atomic E-state index is 12.4. The lowest BCUT2D eigenvalue weighted by Gasteiger charge is -2.08. The van der Waals surface area contributed by atoms with Gasteiger partial charge in [0, 0.05) is 17.5 Å². The molecular formula is C16H17N5O2S. The maximum absolute atomic E-state index is 12.4. The zero-order chi connectivity index (χ0) is 17.3. The topological polar surface area (TPSA) is 103 Å². The number of fused-ring (bicyclic) bond motifs is 1. The number of primary amides is 1. The number of carbonyl (C=O) groups excluding carboxylic acids is 2. The number of hydrogen-bond donors (Lipinski definition) is 2. The molecule has 0 aliphatic heterocycles. The van der Waals surface area contributed by atoms with Crippen LogP contribution in [0.25, 0.3) is 11.0 Å². The van der Waals surface area contributed by atoms with E-state index in [4.69, 9.17) is 5.73 Å². The zero-order valence-electron chi connectivity index (χ0n) is 13.4. The summed E-state index contributed by atoms with van der Waals surface area (Å²) < 4.78 is 6.04. The Labute approximate surface area is 142 Å². The van der Waals surface area contributed by atoms with Gasteiger partial charge in [-0.15, -0.1) is 0 Å².